The van der Waals surface area contributed by atoms with Crippen molar-refractivity contribution < 1.29 is 9.47 Å². The highest BCUT2D eigenvalue weighted by molar-refractivity contribution is 5.63. The molecule has 5 heteroatoms. The Kier molecular flexibility index (Phi) is 2.82. The normalized spacial score (nSPS) is 12.7. The average molecular weight is 243 g/mol. The molecule has 0 spiro atoms. The highest BCUT2D eigenvalue weighted by atomic mass is 16.7. The van der Waals surface area contributed by atoms with E-state index in [0.717, 1.165) is 28.5 Å². The fourth-order valence-corrected chi connectivity index (χ4v) is 1.85. The van der Waals surface area contributed by atoms with Crippen LogP contribution in [0.1, 0.15) is 5.69 Å². The van der Waals surface area contributed by atoms with Crippen molar-refractivity contribution in [3.63, 3.8) is 0 Å². The van der Waals surface area contributed by atoms with Gasteiger partial charge in [0.25, 0.3) is 0 Å². The molecule has 18 heavy (non-hydrogen) atoms. The molecule has 0 atom stereocenters. The van der Waals surface area contributed by atoms with Gasteiger partial charge in [-0.1, -0.05) is 0 Å². The van der Waals surface area contributed by atoms with E-state index in [4.69, 9.17) is 9.47 Å². The number of nitrogens with zero attached hydrogens (tertiary/aromatic N) is 2. The van der Waals surface area contributed by atoms with Gasteiger partial charge >= 0.3 is 0 Å². The molecule has 0 saturated heterocycles. The molecule has 0 unspecified atom stereocenters. The first-order valence-electron chi connectivity index (χ1n) is 5.74. The maximum absolute atomic E-state index is 5.34. The van der Waals surface area contributed by atoms with Gasteiger partial charge in [0.05, 0.1) is 11.4 Å². The Morgan fingerprint density at radius 1 is 1.11 bits per heavy atom. The van der Waals surface area contributed by atoms with Crippen LogP contribution in [-0.4, -0.2) is 24.0 Å². The minimum atomic E-state index is 0.283. The summed E-state index contributed by atoms with van der Waals surface area (Å²) in [6, 6.07) is 9.68. The summed E-state index contributed by atoms with van der Waals surface area (Å²) >= 11 is 0. The van der Waals surface area contributed by atoms with Crippen molar-refractivity contribution >= 4 is 0 Å². The molecule has 1 aliphatic rings. The molecule has 0 bridgehead atoms. The van der Waals surface area contributed by atoms with Gasteiger partial charge < -0.3 is 14.8 Å². The Morgan fingerprint density at radius 3 is 2.78 bits per heavy atom. The van der Waals surface area contributed by atoms with E-state index in [1.165, 1.54) is 0 Å². The van der Waals surface area contributed by atoms with Crippen LogP contribution in [-0.2, 0) is 6.54 Å². The number of fused-ring (bicyclic) bond motifs is 1. The summed E-state index contributed by atoms with van der Waals surface area (Å²) in [6.45, 7) is 1.000. The molecule has 0 amide bonds. The summed E-state index contributed by atoms with van der Waals surface area (Å²) in [5, 5.41) is 11.4. The largest absolute Gasteiger partial charge is 0.454 e. The Bertz CT molecular complexity index is 555. The molecule has 0 aliphatic carbocycles. The number of ether oxygens (including phenoxy) is 2. The second-order valence-electron chi connectivity index (χ2n) is 4.01. The van der Waals surface area contributed by atoms with Gasteiger partial charge in [-0.15, -0.1) is 0 Å². The summed E-state index contributed by atoms with van der Waals surface area (Å²) in [6.07, 6.45) is 0. The van der Waals surface area contributed by atoms with Gasteiger partial charge in [-0.2, -0.15) is 10.2 Å². The van der Waals surface area contributed by atoms with Crippen molar-refractivity contribution in [2.24, 2.45) is 0 Å². The third-order valence-electron chi connectivity index (χ3n) is 2.75. The molecule has 1 aliphatic heterocycles. The van der Waals surface area contributed by atoms with Crippen LogP contribution < -0.4 is 14.8 Å². The van der Waals surface area contributed by atoms with Crippen LogP contribution in [0.15, 0.2) is 30.3 Å². The number of rotatable bonds is 3. The van der Waals surface area contributed by atoms with Crippen molar-refractivity contribution in [3.8, 4) is 22.8 Å². The van der Waals surface area contributed by atoms with Gasteiger partial charge in [0.2, 0.25) is 6.79 Å². The van der Waals surface area contributed by atoms with Gasteiger partial charge in [0.1, 0.15) is 0 Å². The topological polar surface area (TPSA) is 56.3 Å². The maximum Gasteiger partial charge on any atom is 0.231 e. The summed E-state index contributed by atoms with van der Waals surface area (Å²) in [7, 11) is 1.88. The second-order valence-corrected chi connectivity index (χ2v) is 4.01. The zero-order chi connectivity index (χ0) is 12.4. The van der Waals surface area contributed by atoms with E-state index >= 15 is 0 Å². The fourth-order valence-electron chi connectivity index (χ4n) is 1.85. The lowest BCUT2D eigenvalue weighted by atomic mass is 10.1. The third kappa shape index (κ3) is 2.00. The Balaban J connectivity index is 1.90. The molecule has 5 nitrogen and oxygen atoms in total. The van der Waals surface area contributed by atoms with Crippen LogP contribution in [0, 0.1) is 0 Å². The minimum Gasteiger partial charge on any atom is -0.454 e. The molecule has 1 aromatic carbocycles. The molecule has 0 radical (unpaired) electrons. The number of hydrogen-bond donors (Lipinski definition) is 1. The molecule has 1 N–H and O–H groups in total. The standard InChI is InChI=1S/C13H13N3O2/c1-14-7-10-3-4-11(16-15-10)9-2-5-12-13(6-9)18-8-17-12/h2-6,14H,7-8H2,1H3. The summed E-state index contributed by atoms with van der Waals surface area (Å²) in [5.74, 6) is 1.53. The molecule has 0 saturated carbocycles. The van der Waals surface area contributed by atoms with Crippen LogP contribution in [0.5, 0.6) is 11.5 Å². The van der Waals surface area contributed by atoms with Crippen LogP contribution >= 0.6 is 0 Å². The highest BCUT2D eigenvalue weighted by Gasteiger charge is 2.14. The van der Waals surface area contributed by atoms with E-state index in [1.807, 2.05) is 37.4 Å². The Labute approximate surface area is 105 Å². The lowest BCUT2D eigenvalue weighted by molar-refractivity contribution is 0.174. The Hall–Kier alpha value is -2.14. The summed E-state index contributed by atoms with van der Waals surface area (Å²) < 4.78 is 10.6. The monoisotopic (exact) mass is 243 g/mol. The van der Waals surface area contributed by atoms with Crippen molar-refractivity contribution in [1.82, 2.24) is 15.5 Å². The number of hydrogen-bond acceptors (Lipinski definition) is 5. The smallest absolute Gasteiger partial charge is 0.231 e. The molecular weight excluding hydrogens is 230 g/mol. The van der Waals surface area contributed by atoms with Gasteiger partial charge in [-0.3, -0.25) is 0 Å². The third-order valence-corrected chi connectivity index (χ3v) is 2.75. The number of nitrogens with one attached hydrogen (secondary N) is 1. The fraction of sp³-hybridized carbons (Fsp3) is 0.231. The van der Waals surface area contributed by atoms with Crippen molar-refractivity contribution in [2.45, 2.75) is 6.54 Å². The first kappa shape index (κ1) is 11.0. The van der Waals surface area contributed by atoms with E-state index in [-0.39, 0.29) is 6.79 Å². The van der Waals surface area contributed by atoms with Crippen LogP contribution in [0.25, 0.3) is 11.3 Å². The predicted octanol–water partition coefficient (Wildman–Crippen LogP) is 1.59. The van der Waals surface area contributed by atoms with E-state index in [2.05, 4.69) is 15.5 Å². The maximum atomic E-state index is 5.34. The molecule has 0 fully saturated rings. The predicted molar refractivity (Wildman–Crippen MR) is 66.4 cm³/mol. The molecular formula is C13H13N3O2. The van der Waals surface area contributed by atoms with Gasteiger partial charge in [-0.05, 0) is 37.4 Å². The van der Waals surface area contributed by atoms with Crippen molar-refractivity contribution in [1.29, 1.82) is 0 Å². The lowest BCUT2D eigenvalue weighted by Gasteiger charge is -2.03. The van der Waals surface area contributed by atoms with Crippen LogP contribution in [0.4, 0.5) is 0 Å². The molecule has 2 heterocycles. The summed E-state index contributed by atoms with van der Waals surface area (Å²) in [5.41, 5.74) is 2.72. The van der Waals surface area contributed by atoms with Crippen LogP contribution in [0.2, 0.25) is 0 Å². The van der Waals surface area contributed by atoms with Gasteiger partial charge in [0.15, 0.2) is 11.5 Å². The first-order valence-corrected chi connectivity index (χ1v) is 5.74. The highest BCUT2D eigenvalue weighted by Crippen LogP contribution is 2.35. The first-order chi connectivity index (χ1) is 8.86. The zero-order valence-corrected chi connectivity index (χ0v) is 10.0. The molecule has 3 rings (SSSR count). The van der Waals surface area contributed by atoms with E-state index < -0.39 is 0 Å². The lowest BCUT2D eigenvalue weighted by Crippen LogP contribution is -2.07. The van der Waals surface area contributed by atoms with E-state index in [9.17, 15) is 0 Å². The quantitative estimate of drug-likeness (QED) is 0.887. The molecule has 2 aromatic rings. The Morgan fingerprint density at radius 2 is 2.00 bits per heavy atom. The van der Waals surface area contributed by atoms with Gasteiger partial charge in [0, 0.05) is 12.1 Å². The number of aromatic nitrogens is 2. The van der Waals surface area contributed by atoms with E-state index in [0.29, 0.717) is 6.54 Å². The minimum absolute atomic E-state index is 0.283. The van der Waals surface area contributed by atoms with Gasteiger partial charge in [-0.25, -0.2) is 0 Å². The van der Waals surface area contributed by atoms with Crippen LogP contribution in [0.3, 0.4) is 0 Å². The van der Waals surface area contributed by atoms with Crippen molar-refractivity contribution in [2.75, 3.05) is 13.8 Å². The number of benzene rings is 1. The second kappa shape index (κ2) is 4.62. The van der Waals surface area contributed by atoms with Crippen molar-refractivity contribution in [3.05, 3.63) is 36.0 Å². The molecule has 92 valence electrons. The SMILES string of the molecule is CNCc1ccc(-c2ccc3c(c2)OCO3)nn1. The molecule has 1 aromatic heterocycles. The average Bonchev–Trinajstić information content (AvgIpc) is 2.87. The zero-order valence-electron chi connectivity index (χ0n) is 10.0. The van der Waals surface area contributed by atoms with E-state index in [1.54, 1.807) is 0 Å². The summed E-state index contributed by atoms with van der Waals surface area (Å²) in [4.78, 5) is 0.